The third kappa shape index (κ3) is 4.33. The molecule has 1 aliphatic carbocycles. The summed E-state index contributed by atoms with van der Waals surface area (Å²) in [5.74, 6) is 2.44. The maximum Gasteiger partial charge on any atom is 0.190 e. The lowest BCUT2D eigenvalue weighted by Crippen LogP contribution is -2.39. The SMILES string of the molecule is CN=C(NCCC1CC1)NCC(C)c1cccs1. The predicted molar refractivity (Wildman–Crippen MR) is 79.4 cm³/mol. The van der Waals surface area contributed by atoms with Crippen molar-refractivity contribution in [3.05, 3.63) is 22.4 Å². The summed E-state index contributed by atoms with van der Waals surface area (Å²) in [4.78, 5) is 5.68. The molecule has 3 nitrogen and oxygen atoms in total. The van der Waals surface area contributed by atoms with Gasteiger partial charge in [0.15, 0.2) is 5.96 Å². The zero-order valence-corrected chi connectivity index (χ0v) is 12.1. The standard InChI is InChI=1S/C14H23N3S/c1-11(13-4-3-9-18-13)10-17-14(15-2)16-8-7-12-5-6-12/h3-4,9,11-12H,5-8,10H2,1-2H3,(H2,15,16,17). The van der Waals surface area contributed by atoms with Gasteiger partial charge in [-0.25, -0.2) is 0 Å². The number of nitrogens with zero attached hydrogens (tertiary/aromatic N) is 1. The van der Waals surface area contributed by atoms with E-state index in [1.54, 1.807) is 0 Å². The molecule has 0 aliphatic heterocycles. The summed E-state index contributed by atoms with van der Waals surface area (Å²) < 4.78 is 0. The topological polar surface area (TPSA) is 36.4 Å². The Morgan fingerprint density at radius 1 is 1.50 bits per heavy atom. The average Bonchev–Trinajstić information content (AvgIpc) is 3.04. The van der Waals surface area contributed by atoms with Crippen molar-refractivity contribution < 1.29 is 0 Å². The van der Waals surface area contributed by atoms with E-state index in [-0.39, 0.29) is 0 Å². The van der Waals surface area contributed by atoms with Crippen LogP contribution in [0.5, 0.6) is 0 Å². The van der Waals surface area contributed by atoms with E-state index in [0.29, 0.717) is 5.92 Å². The van der Waals surface area contributed by atoms with E-state index in [2.05, 4.69) is 40.1 Å². The molecule has 100 valence electrons. The fourth-order valence-electron chi connectivity index (χ4n) is 1.94. The van der Waals surface area contributed by atoms with Crippen LogP contribution in [0, 0.1) is 5.92 Å². The first kappa shape index (κ1) is 13.4. The molecule has 1 aliphatic rings. The molecule has 2 N–H and O–H groups in total. The number of thiophene rings is 1. The number of aliphatic imine (C=N–C) groups is 1. The van der Waals surface area contributed by atoms with Crippen LogP contribution in [0.15, 0.2) is 22.5 Å². The van der Waals surface area contributed by atoms with Gasteiger partial charge in [-0.15, -0.1) is 11.3 Å². The highest BCUT2D eigenvalue weighted by molar-refractivity contribution is 7.10. The van der Waals surface area contributed by atoms with Gasteiger partial charge in [-0.2, -0.15) is 0 Å². The molecule has 1 heterocycles. The zero-order chi connectivity index (χ0) is 12.8. The minimum atomic E-state index is 0.534. The Bertz CT molecular complexity index is 368. The normalized spacial score (nSPS) is 17.6. The zero-order valence-electron chi connectivity index (χ0n) is 11.3. The molecule has 0 spiro atoms. The van der Waals surface area contributed by atoms with Gasteiger partial charge < -0.3 is 10.6 Å². The third-order valence-corrected chi connectivity index (χ3v) is 4.47. The summed E-state index contributed by atoms with van der Waals surface area (Å²) >= 11 is 1.82. The molecular weight excluding hydrogens is 242 g/mol. The van der Waals surface area contributed by atoms with Crippen LogP contribution in [-0.4, -0.2) is 26.1 Å². The van der Waals surface area contributed by atoms with Crippen molar-refractivity contribution in [3.8, 4) is 0 Å². The monoisotopic (exact) mass is 265 g/mol. The quantitative estimate of drug-likeness (QED) is 0.613. The van der Waals surface area contributed by atoms with Crippen molar-refractivity contribution in [2.45, 2.75) is 32.1 Å². The molecule has 18 heavy (non-hydrogen) atoms. The van der Waals surface area contributed by atoms with Gasteiger partial charge in [-0.05, 0) is 23.8 Å². The number of guanidine groups is 1. The van der Waals surface area contributed by atoms with E-state index in [1.165, 1.54) is 24.1 Å². The van der Waals surface area contributed by atoms with Crippen LogP contribution >= 0.6 is 11.3 Å². The van der Waals surface area contributed by atoms with Crippen molar-refractivity contribution in [2.75, 3.05) is 20.1 Å². The molecule has 0 bridgehead atoms. The van der Waals surface area contributed by atoms with Crippen molar-refractivity contribution in [1.29, 1.82) is 0 Å². The Labute approximate surface area is 114 Å². The van der Waals surface area contributed by atoms with E-state index in [4.69, 9.17) is 0 Å². The highest BCUT2D eigenvalue weighted by atomic mass is 32.1. The van der Waals surface area contributed by atoms with Crippen LogP contribution in [-0.2, 0) is 0 Å². The Balaban J connectivity index is 1.66. The minimum absolute atomic E-state index is 0.534. The van der Waals surface area contributed by atoms with E-state index < -0.39 is 0 Å². The molecule has 1 atom stereocenters. The Hall–Kier alpha value is -1.03. The maximum absolute atomic E-state index is 4.26. The fourth-order valence-corrected chi connectivity index (χ4v) is 2.73. The van der Waals surface area contributed by atoms with Crippen LogP contribution in [0.2, 0.25) is 0 Å². The van der Waals surface area contributed by atoms with E-state index >= 15 is 0 Å². The first-order valence-electron chi connectivity index (χ1n) is 6.77. The van der Waals surface area contributed by atoms with Gasteiger partial charge in [0.05, 0.1) is 0 Å². The van der Waals surface area contributed by atoms with Gasteiger partial charge in [0, 0.05) is 30.9 Å². The largest absolute Gasteiger partial charge is 0.356 e. The molecule has 0 aromatic carbocycles. The number of hydrogen-bond acceptors (Lipinski definition) is 2. The van der Waals surface area contributed by atoms with Gasteiger partial charge in [0.25, 0.3) is 0 Å². The van der Waals surface area contributed by atoms with Crippen molar-refractivity contribution >= 4 is 17.3 Å². The van der Waals surface area contributed by atoms with Crippen molar-refractivity contribution in [1.82, 2.24) is 10.6 Å². The molecule has 1 saturated carbocycles. The van der Waals surface area contributed by atoms with E-state index in [0.717, 1.165) is 25.0 Å². The van der Waals surface area contributed by atoms with Gasteiger partial charge >= 0.3 is 0 Å². The molecule has 1 aromatic rings. The van der Waals surface area contributed by atoms with E-state index in [9.17, 15) is 0 Å². The first-order chi connectivity index (χ1) is 8.79. The van der Waals surface area contributed by atoms with Crippen LogP contribution < -0.4 is 10.6 Å². The van der Waals surface area contributed by atoms with Crippen LogP contribution in [0.3, 0.4) is 0 Å². The summed E-state index contributed by atoms with van der Waals surface area (Å²) in [7, 11) is 1.84. The number of rotatable bonds is 6. The van der Waals surface area contributed by atoms with Crippen molar-refractivity contribution in [3.63, 3.8) is 0 Å². The molecule has 2 rings (SSSR count). The fraction of sp³-hybridized carbons (Fsp3) is 0.643. The van der Waals surface area contributed by atoms with Crippen molar-refractivity contribution in [2.24, 2.45) is 10.9 Å². The predicted octanol–water partition coefficient (Wildman–Crippen LogP) is 2.82. The second-order valence-corrected chi connectivity index (χ2v) is 6.01. The molecular formula is C14H23N3S. The summed E-state index contributed by atoms with van der Waals surface area (Å²) in [6.45, 7) is 4.22. The summed E-state index contributed by atoms with van der Waals surface area (Å²) in [6, 6.07) is 4.31. The summed E-state index contributed by atoms with van der Waals surface area (Å²) in [6.07, 6.45) is 4.12. The highest BCUT2D eigenvalue weighted by Crippen LogP contribution is 2.31. The Kier molecular flexibility index (Phi) is 5.05. The molecule has 0 amide bonds. The lowest BCUT2D eigenvalue weighted by Gasteiger charge is -2.15. The Morgan fingerprint density at radius 3 is 2.94 bits per heavy atom. The van der Waals surface area contributed by atoms with Crippen LogP contribution in [0.4, 0.5) is 0 Å². The number of nitrogens with one attached hydrogen (secondary N) is 2. The average molecular weight is 265 g/mol. The Morgan fingerprint density at radius 2 is 2.33 bits per heavy atom. The lowest BCUT2D eigenvalue weighted by molar-refractivity contribution is 0.668. The summed E-state index contributed by atoms with van der Waals surface area (Å²) in [5.41, 5.74) is 0. The van der Waals surface area contributed by atoms with Crippen LogP contribution in [0.1, 0.15) is 37.0 Å². The molecule has 0 radical (unpaired) electrons. The molecule has 4 heteroatoms. The highest BCUT2D eigenvalue weighted by Gasteiger charge is 2.20. The number of hydrogen-bond donors (Lipinski definition) is 2. The van der Waals surface area contributed by atoms with Gasteiger partial charge in [-0.3, -0.25) is 4.99 Å². The minimum Gasteiger partial charge on any atom is -0.356 e. The molecule has 1 aromatic heterocycles. The van der Waals surface area contributed by atoms with Crippen LogP contribution in [0.25, 0.3) is 0 Å². The molecule has 1 fully saturated rings. The molecule has 1 unspecified atom stereocenters. The van der Waals surface area contributed by atoms with Gasteiger partial charge in [0.1, 0.15) is 0 Å². The molecule has 0 saturated heterocycles. The first-order valence-corrected chi connectivity index (χ1v) is 7.65. The van der Waals surface area contributed by atoms with E-state index in [1.807, 2.05) is 18.4 Å². The third-order valence-electron chi connectivity index (χ3n) is 3.37. The lowest BCUT2D eigenvalue weighted by atomic mass is 10.1. The second-order valence-electron chi connectivity index (χ2n) is 5.03. The second kappa shape index (κ2) is 6.78. The smallest absolute Gasteiger partial charge is 0.190 e. The maximum atomic E-state index is 4.26. The summed E-state index contributed by atoms with van der Waals surface area (Å²) in [5, 5.41) is 8.91. The van der Waals surface area contributed by atoms with Gasteiger partial charge in [-0.1, -0.05) is 25.8 Å². The van der Waals surface area contributed by atoms with Gasteiger partial charge in [0.2, 0.25) is 0 Å².